The maximum atomic E-state index is 12.0. The standard InChI is InChI=1S/C30H34O6/c1-22-28(36-23(2)31)30(34-20-26-16-10-5-11-17-26)29(33-19-25-14-8-4-9-15-25)27(35-22)21-32-18-24-12-6-3-7-13-24/h3-17,22,27-30H,18-21H2,1-2H3/t22?,27?,28?,29-,30-/m0/s1. The number of hydrogen-bond acceptors (Lipinski definition) is 6. The molecule has 0 saturated carbocycles. The maximum absolute atomic E-state index is 12.0. The molecule has 5 atom stereocenters. The molecule has 36 heavy (non-hydrogen) atoms. The van der Waals surface area contributed by atoms with Crippen molar-refractivity contribution < 1.29 is 28.5 Å². The molecule has 3 aromatic carbocycles. The highest BCUT2D eigenvalue weighted by atomic mass is 16.6. The molecule has 1 saturated heterocycles. The highest BCUT2D eigenvalue weighted by Crippen LogP contribution is 2.30. The average Bonchev–Trinajstić information content (AvgIpc) is 2.90. The zero-order chi connectivity index (χ0) is 25.2. The average molecular weight is 491 g/mol. The van der Waals surface area contributed by atoms with Crippen LogP contribution in [0.1, 0.15) is 30.5 Å². The molecule has 0 aliphatic carbocycles. The predicted octanol–water partition coefficient (Wildman–Crippen LogP) is 5.09. The largest absolute Gasteiger partial charge is 0.457 e. The Morgan fingerprint density at radius 2 is 1.17 bits per heavy atom. The van der Waals surface area contributed by atoms with Crippen molar-refractivity contribution in [3.8, 4) is 0 Å². The van der Waals surface area contributed by atoms with Crippen LogP contribution in [0.5, 0.6) is 0 Å². The lowest BCUT2D eigenvalue weighted by molar-refractivity contribution is -0.262. The number of esters is 1. The molecule has 190 valence electrons. The van der Waals surface area contributed by atoms with Gasteiger partial charge in [-0.05, 0) is 23.6 Å². The van der Waals surface area contributed by atoms with Gasteiger partial charge in [0, 0.05) is 6.92 Å². The Balaban J connectivity index is 1.53. The second kappa shape index (κ2) is 13.3. The van der Waals surface area contributed by atoms with Gasteiger partial charge in [-0.15, -0.1) is 0 Å². The van der Waals surface area contributed by atoms with Crippen molar-refractivity contribution in [3.05, 3.63) is 108 Å². The minimum Gasteiger partial charge on any atom is -0.457 e. The van der Waals surface area contributed by atoms with E-state index in [1.807, 2.05) is 97.9 Å². The van der Waals surface area contributed by atoms with E-state index in [1.165, 1.54) is 6.92 Å². The minimum atomic E-state index is -0.614. The molecule has 1 aliphatic heterocycles. The quantitative estimate of drug-likeness (QED) is 0.349. The van der Waals surface area contributed by atoms with Gasteiger partial charge in [-0.3, -0.25) is 4.79 Å². The molecule has 1 fully saturated rings. The number of rotatable bonds is 11. The third kappa shape index (κ3) is 7.48. The molecule has 6 nitrogen and oxygen atoms in total. The predicted molar refractivity (Wildman–Crippen MR) is 136 cm³/mol. The lowest BCUT2D eigenvalue weighted by atomic mass is 9.94. The van der Waals surface area contributed by atoms with Crippen molar-refractivity contribution in [3.63, 3.8) is 0 Å². The third-order valence-electron chi connectivity index (χ3n) is 6.13. The Kier molecular flexibility index (Phi) is 9.64. The van der Waals surface area contributed by atoms with Gasteiger partial charge in [-0.1, -0.05) is 91.0 Å². The summed E-state index contributed by atoms with van der Waals surface area (Å²) in [6.07, 6.45) is -2.45. The van der Waals surface area contributed by atoms with Gasteiger partial charge in [0.2, 0.25) is 0 Å². The van der Waals surface area contributed by atoms with Crippen LogP contribution in [0, 0.1) is 0 Å². The minimum absolute atomic E-state index is 0.316. The molecular formula is C30H34O6. The Morgan fingerprint density at radius 1 is 0.694 bits per heavy atom. The first-order valence-corrected chi connectivity index (χ1v) is 12.4. The summed E-state index contributed by atoms with van der Waals surface area (Å²) in [7, 11) is 0. The highest BCUT2D eigenvalue weighted by molar-refractivity contribution is 5.66. The van der Waals surface area contributed by atoms with Crippen molar-refractivity contribution >= 4 is 5.97 Å². The number of carbonyl (C=O) groups is 1. The van der Waals surface area contributed by atoms with E-state index in [0.717, 1.165) is 16.7 Å². The summed E-state index contributed by atoms with van der Waals surface area (Å²) in [5.74, 6) is -0.385. The number of ether oxygens (including phenoxy) is 5. The Labute approximate surface area is 213 Å². The lowest BCUT2D eigenvalue weighted by Crippen LogP contribution is -2.60. The zero-order valence-electron chi connectivity index (χ0n) is 20.8. The molecule has 0 radical (unpaired) electrons. The van der Waals surface area contributed by atoms with Crippen LogP contribution in [0.4, 0.5) is 0 Å². The van der Waals surface area contributed by atoms with Gasteiger partial charge in [-0.2, -0.15) is 0 Å². The maximum Gasteiger partial charge on any atom is 0.303 e. The van der Waals surface area contributed by atoms with E-state index in [4.69, 9.17) is 23.7 Å². The topological polar surface area (TPSA) is 63.2 Å². The van der Waals surface area contributed by atoms with Crippen LogP contribution in [-0.2, 0) is 48.3 Å². The summed E-state index contributed by atoms with van der Waals surface area (Å²) in [6.45, 7) is 4.80. The van der Waals surface area contributed by atoms with Gasteiger partial charge in [-0.25, -0.2) is 0 Å². The molecule has 4 rings (SSSR count). The monoisotopic (exact) mass is 490 g/mol. The number of carbonyl (C=O) groups excluding carboxylic acids is 1. The van der Waals surface area contributed by atoms with E-state index < -0.39 is 30.5 Å². The van der Waals surface area contributed by atoms with E-state index in [0.29, 0.717) is 26.4 Å². The first-order chi connectivity index (χ1) is 17.6. The van der Waals surface area contributed by atoms with Crippen LogP contribution in [0.2, 0.25) is 0 Å². The first-order valence-electron chi connectivity index (χ1n) is 12.4. The van der Waals surface area contributed by atoms with Gasteiger partial charge < -0.3 is 23.7 Å². The Hall–Kier alpha value is -3.03. The van der Waals surface area contributed by atoms with Crippen molar-refractivity contribution in [1.29, 1.82) is 0 Å². The van der Waals surface area contributed by atoms with E-state index >= 15 is 0 Å². The first kappa shape index (κ1) is 26.0. The van der Waals surface area contributed by atoms with Crippen LogP contribution in [0.3, 0.4) is 0 Å². The summed E-state index contributed by atoms with van der Waals surface area (Å²) in [5, 5.41) is 0. The van der Waals surface area contributed by atoms with Gasteiger partial charge >= 0.3 is 5.97 Å². The summed E-state index contributed by atoms with van der Waals surface area (Å²) < 4.78 is 30.9. The van der Waals surface area contributed by atoms with E-state index in [2.05, 4.69) is 0 Å². The summed E-state index contributed by atoms with van der Waals surface area (Å²) in [6, 6.07) is 29.9. The second-order valence-corrected chi connectivity index (χ2v) is 8.98. The molecule has 0 aromatic heterocycles. The second-order valence-electron chi connectivity index (χ2n) is 8.98. The normalized spacial score (nSPS) is 23.8. The molecule has 0 N–H and O–H groups in total. The molecule has 3 unspecified atom stereocenters. The third-order valence-corrected chi connectivity index (χ3v) is 6.13. The molecule has 0 amide bonds. The van der Waals surface area contributed by atoms with Crippen LogP contribution >= 0.6 is 0 Å². The molecule has 0 spiro atoms. The Bertz CT molecular complexity index is 1040. The summed E-state index contributed by atoms with van der Waals surface area (Å²) in [4.78, 5) is 12.0. The fourth-order valence-electron chi connectivity index (χ4n) is 4.38. The van der Waals surface area contributed by atoms with Crippen molar-refractivity contribution in [2.75, 3.05) is 6.61 Å². The van der Waals surface area contributed by atoms with Gasteiger partial charge in [0.25, 0.3) is 0 Å². The van der Waals surface area contributed by atoms with E-state index in [9.17, 15) is 4.79 Å². The lowest BCUT2D eigenvalue weighted by Gasteiger charge is -2.44. The Morgan fingerprint density at radius 3 is 1.67 bits per heavy atom. The van der Waals surface area contributed by atoms with Crippen LogP contribution in [0.25, 0.3) is 0 Å². The fraction of sp³-hybridized carbons (Fsp3) is 0.367. The van der Waals surface area contributed by atoms with Gasteiger partial charge in [0.15, 0.2) is 6.10 Å². The van der Waals surface area contributed by atoms with Crippen molar-refractivity contribution in [1.82, 2.24) is 0 Å². The zero-order valence-corrected chi connectivity index (χ0v) is 20.8. The number of hydrogen-bond donors (Lipinski definition) is 0. The van der Waals surface area contributed by atoms with Crippen molar-refractivity contribution in [2.24, 2.45) is 0 Å². The summed E-state index contributed by atoms with van der Waals surface area (Å²) in [5.41, 5.74) is 3.14. The summed E-state index contributed by atoms with van der Waals surface area (Å²) >= 11 is 0. The fourth-order valence-corrected chi connectivity index (χ4v) is 4.38. The van der Waals surface area contributed by atoms with E-state index in [1.54, 1.807) is 0 Å². The molecule has 1 aliphatic rings. The molecule has 3 aromatic rings. The molecule has 6 heteroatoms. The van der Waals surface area contributed by atoms with Crippen LogP contribution < -0.4 is 0 Å². The SMILES string of the molecule is CC(=O)OC1C(C)OC(COCc2ccccc2)[C@H](OCc2ccccc2)[C@H]1OCc1ccccc1. The van der Waals surface area contributed by atoms with E-state index in [-0.39, 0.29) is 5.97 Å². The van der Waals surface area contributed by atoms with Crippen LogP contribution in [-0.4, -0.2) is 43.1 Å². The van der Waals surface area contributed by atoms with Crippen molar-refractivity contribution in [2.45, 2.75) is 64.2 Å². The van der Waals surface area contributed by atoms with Gasteiger partial charge in [0.1, 0.15) is 18.3 Å². The van der Waals surface area contributed by atoms with Gasteiger partial charge in [0.05, 0.1) is 32.5 Å². The van der Waals surface area contributed by atoms with Crippen LogP contribution in [0.15, 0.2) is 91.0 Å². The highest BCUT2D eigenvalue weighted by Gasteiger charge is 2.47. The molecule has 1 heterocycles. The molecule has 0 bridgehead atoms. The smallest absolute Gasteiger partial charge is 0.303 e. The molecular weight excluding hydrogens is 456 g/mol. The number of benzene rings is 3.